The highest BCUT2D eigenvalue weighted by Crippen LogP contribution is 2.13. The summed E-state index contributed by atoms with van der Waals surface area (Å²) in [6.45, 7) is 4.06. The largest absolute Gasteiger partial charge is 0.348 e. The van der Waals surface area contributed by atoms with Gasteiger partial charge in [0.2, 0.25) is 0 Å². The molecule has 2 unspecified atom stereocenters. The second-order valence-electron chi connectivity index (χ2n) is 4.68. The summed E-state index contributed by atoms with van der Waals surface area (Å²) in [5.74, 6) is 0.557. The number of rotatable bonds is 2. The molecule has 92 valence electrons. The average Bonchev–Trinajstić information content (AvgIpc) is 2.29. The van der Waals surface area contributed by atoms with Crippen LogP contribution in [0, 0.1) is 5.92 Å². The highest BCUT2D eigenvalue weighted by Gasteiger charge is 2.20. The standard InChI is InChI=1S/C13H17ClN2O/c1-9-5-12(8-15-7-9)16-13(17)10-3-2-4-11(14)6-10/h2-4,6,9,12,15H,5,7-8H2,1H3,(H,16,17). The molecule has 2 N–H and O–H groups in total. The van der Waals surface area contributed by atoms with Gasteiger partial charge in [-0.25, -0.2) is 0 Å². The van der Waals surface area contributed by atoms with E-state index >= 15 is 0 Å². The van der Waals surface area contributed by atoms with Crippen LogP contribution in [0.2, 0.25) is 5.02 Å². The fraction of sp³-hybridized carbons (Fsp3) is 0.462. The maximum Gasteiger partial charge on any atom is 0.251 e. The summed E-state index contributed by atoms with van der Waals surface area (Å²) < 4.78 is 0. The highest BCUT2D eigenvalue weighted by molar-refractivity contribution is 6.30. The Balaban J connectivity index is 1.97. The number of hydrogen-bond acceptors (Lipinski definition) is 2. The topological polar surface area (TPSA) is 41.1 Å². The normalized spacial score (nSPS) is 24.4. The van der Waals surface area contributed by atoms with Crippen molar-refractivity contribution in [2.75, 3.05) is 13.1 Å². The molecule has 2 rings (SSSR count). The van der Waals surface area contributed by atoms with Crippen molar-refractivity contribution in [2.24, 2.45) is 5.92 Å². The van der Waals surface area contributed by atoms with Gasteiger partial charge >= 0.3 is 0 Å². The molecule has 1 heterocycles. The number of carbonyl (C=O) groups excluding carboxylic acids is 1. The van der Waals surface area contributed by atoms with Gasteiger partial charge < -0.3 is 10.6 Å². The van der Waals surface area contributed by atoms with E-state index in [0.29, 0.717) is 16.5 Å². The van der Waals surface area contributed by atoms with Crippen LogP contribution in [-0.2, 0) is 0 Å². The van der Waals surface area contributed by atoms with Gasteiger partial charge in [-0.15, -0.1) is 0 Å². The summed E-state index contributed by atoms with van der Waals surface area (Å²) >= 11 is 5.86. The van der Waals surface area contributed by atoms with Gasteiger partial charge in [-0.3, -0.25) is 4.79 Å². The molecule has 17 heavy (non-hydrogen) atoms. The lowest BCUT2D eigenvalue weighted by Gasteiger charge is -2.28. The van der Waals surface area contributed by atoms with Gasteiger partial charge in [0.15, 0.2) is 0 Å². The zero-order valence-electron chi connectivity index (χ0n) is 9.87. The van der Waals surface area contributed by atoms with E-state index in [4.69, 9.17) is 11.6 Å². The molecule has 3 nitrogen and oxygen atoms in total. The molecular formula is C13H17ClN2O. The molecule has 0 aromatic heterocycles. The predicted molar refractivity (Wildman–Crippen MR) is 69.4 cm³/mol. The number of piperidine rings is 1. The first kappa shape index (κ1) is 12.4. The summed E-state index contributed by atoms with van der Waals surface area (Å²) in [5.41, 5.74) is 0.621. The number of nitrogens with one attached hydrogen (secondary N) is 2. The number of benzene rings is 1. The van der Waals surface area contributed by atoms with Gasteiger partial charge in [0, 0.05) is 23.2 Å². The summed E-state index contributed by atoms with van der Waals surface area (Å²) in [7, 11) is 0. The molecular weight excluding hydrogens is 236 g/mol. The van der Waals surface area contributed by atoms with Crippen molar-refractivity contribution in [3.05, 3.63) is 34.9 Å². The van der Waals surface area contributed by atoms with Crippen LogP contribution < -0.4 is 10.6 Å². The minimum absolute atomic E-state index is 0.0478. The molecule has 0 spiro atoms. The van der Waals surface area contributed by atoms with E-state index in [1.807, 2.05) is 0 Å². The zero-order chi connectivity index (χ0) is 12.3. The zero-order valence-corrected chi connectivity index (χ0v) is 10.6. The van der Waals surface area contributed by atoms with Crippen LogP contribution in [0.25, 0.3) is 0 Å². The fourth-order valence-electron chi connectivity index (χ4n) is 2.16. The smallest absolute Gasteiger partial charge is 0.251 e. The first-order valence-electron chi connectivity index (χ1n) is 5.92. The lowest BCUT2D eigenvalue weighted by atomic mass is 9.97. The summed E-state index contributed by atoms with van der Waals surface area (Å²) in [4.78, 5) is 12.0. The van der Waals surface area contributed by atoms with E-state index in [1.54, 1.807) is 24.3 Å². The summed E-state index contributed by atoms with van der Waals surface area (Å²) in [5, 5.41) is 6.94. The lowest BCUT2D eigenvalue weighted by Crippen LogP contribution is -2.48. The molecule has 1 aliphatic heterocycles. The number of halogens is 1. The maximum absolute atomic E-state index is 12.0. The maximum atomic E-state index is 12.0. The summed E-state index contributed by atoms with van der Waals surface area (Å²) in [6, 6.07) is 7.24. The summed E-state index contributed by atoms with van der Waals surface area (Å²) in [6.07, 6.45) is 1.03. The third kappa shape index (κ3) is 3.45. The molecule has 1 amide bonds. The molecule has 0 radical (unpaired) electrons. The van der Waals surface area contributed by atoms with Gasteiger partial charge in [-0.1, -0.05) is 24.6 Å². The molecule has 1 aliphatic rings. The molecule has 1 saturated heterocycles. The van der Waals surface area contributed by atoms with E-state index in [2.05, 4.69) is 17.6 Å². The van der Waals surface area contributed by atoms with E-state index in [1.165, 1.54) is 0 Å². The Morgan fingerprint density at radius 1 is 1.47 bits per heavy atom. The third-order valence-electron chi connectivity index (χ3n) is 2.99. The van der Waals surface area contributed by atoms with E-state index in [0.717, 1.165) is 19.5 Å². The van der Waals surface area contributed by atoms with Gasteiger partial charge in [0.25, 0.3) is 5.91 Å². The number of hydrogen-bond donors (Lipinski definition) is 2. The monoisotopic (exact) mass is 252 g/mol. The van der Waals surface area contributed by atoms with Crippen molar-refractivity contribution in [2.45, 2.75) is 19.4 Å². The van der Waals surface area contributed by atoms with Crippen LogP contribution in [0.5, 0.6) is 0 Å². The molecule has 0 aliphatic carbocycles. The van der Waals surface area contributed by atoms with Crippen LogP contribution >= 0.6 is 11.6 Å². The van der Waals surface area contributed by atoms with Crippen LogP contribution in [0.15, 0.2) is 24.3 Å². The van der Waals surface area contributed by atoms with Gasteiger partial charge in [0.1, 0.15) is 0 Å². The van der Waals surface area contributed by atoms with E-state index in [-0.39, 0.29) is 11.9 Å². The second kappa shape index (κ2) is 5.52. The fourth-order valence-corrected chi connectivity index (χ4v) is 2.36. The minimum atomic E-state index is -0.0478. The predicted octanol–water partition coefficient (Wildman–Crippen LogP) is 2.07. The first-order valence-corrected chi connectivity index (χ1v) is 6.30. The Bertz CT molecular complexity index is 408. The van der Waals surface area contributed by atoms with Crippen molar-refractivity contribution >= 4 is 17.5 Å². The molecule has 1 aromatic carbocycles. The van der Waals surface area contributed by atoms with Gasteiger partial charge in [0.05, 0.1) is 0 Å². The van der Waals surface area contributed by atoms with Crippen molar-refractivity contribution in [3.8, 4) is 0 Å². The van der Waals surface area contributed by atoms with Crippen LogP contribution in [0.3, 0.4) is 0 Å². The van der Waals surface area contributed by atoms with Crippen molar-refractivity contribution in [1.29, 1.82) is 0 Å². The quantitative estimate of drug-likeness (QED) is 0.846. The third-order valence-corrected chi connectivity index (χ3v) is 3.23. The van der Waals surface area contributed by atoms with Crippen LogP contribution in [-0.4, -0.2) is 25.0 Å². The first-order chi connectivity index (χ1) is 8.15. The van der Waals surface area contributed by atoms with Crippen LogP contribution in [0.1, 0.15) is 23.7 Å². The Hall–Kier alpha value is -1.06. The Labute approximate surface area is 107 Å². The Morgan fingerprint density at radius 2 is 2.29 bits per heavy atom. The Morgan fingerprint density at radius 3 is 3.00 bits per heavy atom. The Kier molecular flexibility index (Phi) is 4.02. The SMILES string of the molecule is CC1CNCC(NC(=O)c2cccc(Cl)c2)C1. The molecule has 2 atom stereocenters. The number of carbonyl (C=O) groups is 1. The molecule has 4 heteroatoms. The van der Waals surface area contributed by atoms with Gasteiger partial charge in [-0.05, 0) is 37.1 Å². The van der Waals surface area contributed by atoms with Crippen LogP contribution in [0.4, 0.5) is 0 Å². The molecule has 1 fully saturated rings. The van der Waals surface area contributed by atoms with E-state index < -0.39 is 0 Å². The number of amides is 1. The van der Waals surface area contributed by atoms with Gasteiger partial charge in [-0.2, -0.15) is 0 Å². The highest BCUT2D eigenvalue weighted by atomic mass is 35.5. The average molecular weight is 253 g/mol. The van der Waals surface area contributed by atoms with Crippen molar-refractivity contribution < 1.29 is 4.79 Å². The molecule has 0 bridgehead atoms. The van der Waals surface area contributed by atoms with E-state index in [9.17, 15) is 4.79 Å². The lowest BCUT2D eigenvalue weighted by molar-refractivity contribution is 0.0925. The second-order valence-corrected chi connectivity index (χ2v) is 5.12. The minimum Gasteiger partial charge on any atom is -0.348 e. The molecule has 1 aromatic rings. The molecule has 0 saturated carbocycles. The van der Waals surface area contributed by atoms with Crippen molar-refractivity contribution in [3.63, 3.8) is 0 Å². The van der Waals surface area contributed by atoms with Crippen molar-refractivity contribution in [1.82, 2.24) is 10.6 Å².